The number of nitrogens with zero attached hydrogens (tertiary/aromatic N) is 2. The number of hydrogen-bond donors (Lipinski definition) is 2. The van der Waals surface area contributed by atoms with Gasteiger partial charge >= 0.3 is 0 Å². The van der Waals surface area contributed by atoms with Crippen molar-refractivity contribution in [2.75, 3.05) is 0 Å². The van der Waals surface area contributed by atoms with Crippen LogP contribution in [-0.2, 0) is 13.6 Å². The van der Waals surface area contributed by atoms with Crippen molar-refractivity contribution in [3.05, 3.63) is 46.2 Å². The number of hydrogen-bond acceptors (Lipinski definition) is 2. The Labute approximate surface area is 124 Å². The molecule has 1 heterocycles. The molecule has 0 aliphatic rings. The molecule has 2 aromatic rings. The van der Waals surface area contributed by atoms with Gasteiger partial charge in [0.15, 0.2) is 5.96 Å². The Bertz CT molecular complexity index is 738. The van der Waals surface area contributed by atoms with E-state index in [1.807, 2.05) is 51.1 Å². The summed E-state index contributed by atoms with van der Waals surface area (Å²) >= 11 is 0. The van der Waals surface area contributed by atoms with Crippen molar-refractivity contribution in [1.29, 1.82) is 0 Å². The third-order valence-electron chi connectivity index (χ3n) is 3.13. The zero-order chi connectivity index (χ0) is 15.6. The average Bonchev–Trinajstić information content (AvgIpc) is 2.39. The van der Waals surface area contributed by atoms with Crippen molar-refractivity contribution in [2.45, 2.75) is 32.9 Å². The first-order valence-electron chi connectivity index (χ1n) is 6.94. The van der Waals surface area contributed by atoms with E-state index in [9.17, 15) is 4.79 Å². The van der Waals surface area contributed by atoms with Crippen molar-refractivity contribution < 1.29 is 0 Å². The summed E-state index contributed by atoms with van der Waals surface area (Å²) < 4.78 is 1.65. The number of pyridine rings is 1. The van der Waals surface area contributed by atoms with Crippen LogP contribution in [0.25, 0.3) is 10.9 Å². The van der Waals surface area contributed by atoms with E-state index in [2.05, 4.69) is 10.3 Å². The molecule has 0 bridgehead atoms. The molecule has 2 rings (SSSR count). The Kier molecular flexibility index (Phi) is 4.02. The molecule has 5 heteroatoms. The second-order valence-electron chi connectivity index (χ2n) is 6.17. The second-order valence-corrected chi connectivity index (χ2v) is 6.17. The Balaban J connectivity index is 2.33. The van der Waals surface area contributed by atoms with E-state index in [4.69, 9.17) is 5.73 Å². The van der Waals surface area contributed by atoms with Crippen molar-refractivity contribution in [1.82, 2.24) is 9.88 Å². The van der Waals surface area contributed by atoms with Gasteiger partial charge in [-0.2, -0.15) is 0 Å². The predicted octanol–water partition coefficient (Wildman–Crippen LogP) is 1.74. The lowest BCUT2D eigenvalue weighted by Crippen LogP contribution is -2.45. The maximum absolute atomic E-state index is 12.3. The lowest BCUT2D eigenvalue weighted by molar-refractivity contribution is 0.508. The van der Waals surface area contributed by atoms with Gasteiger partial charge in [0.25, 0.3) is 5.56 Å². The highest BCUT2D eigenvalue weighted by molar-refractivity contribution is 5.80. The Hall–Kier alpha value is -2.30. The number of nitrogens with two attached hydrogens (primary N) is 1. The summed E-state index contributed by atoms with van der Waals surface area (Å²) in [6.45, 7) is 6.28. The summed E-state index contributed by atoms with van der Waals surface area (Å²) in [6, 6.07) is 9.67. The Morgan fingerprint density at radius 2 is 2.00 bits per heavy atom. The smallest absolute Gasteiger partial charge is 0.255 e. The number of aliphatic imine (C=N–C) groups is 1. The van der Waals surface area contributed by atoms with E-state index in [0.717, 1.165) is 10.9 Å². The molecule has 1 aromatic carbocycles. The molecular formula is C16H22N4O. The average molecular weight is 286 g/mol. The van der Waals surface area contributed by atoms with Crippen LogP contribution in [-0.4, -0.2) is 16.1 Å². The summed E-state index contributed by atoms with van der Waals surface area (Å²) in [5, 5.41) is 4.10. The van der Waals surface area contributed by atoms with Gasteiger partial charge in [-0.3, -0.25) is 4.79 Å². The van der Waals surface area contributed by atoms with Crippen LogP contribution in [0.4, 0.5) is 0 Å². The van der Waals surface area contributed by atoms with Crippen molar-refractivity contribution >= 4 is 16.9 Å². The molecule has 1 aromatic heterocycles. The molecule has 0 aliphatic carbocycles. The van der Waals surface area contributed by atoms with Gasteiger partial charge in [0.2, 0.25) is 0 Å². The lowest BCUT2D eigenvalue weighted by Gasteiger charge is -2.21. The molecule has 0 saturated carbocycles. The van der Waals surface area contributed by atoms with Crippen LogP contribution in [0.15, 0.2) is 40.1 Å². The number of rotatable bonds is 2. The number of aromatic nitrogens is 1. The molecule has 21 heavy (non-hydrogen) atoms. The van der Waals surface area contributed by atoms with Crippen molar-refractivity contribution in [3.8, 4) is 0 Å². The van der Waals surface area contributed by atoms with Crippen LogP contribution in [0.3, 0.4) is 0 Å². The van der Waals surface area contributed by atoms with Crippen LogP contribution < -0.4 is 16.6 Å². The van der Waals surface area contributed by atoms with Gasteiger partial charge in [-0.1, -0.05) is 18.2 Å². The Morgan fingerprint density at radius 1 is 1.33 bits per heavy atom. The highest BCUT2D eigenvalue weighted by atomic mass is 16.1. The van der Waals surface area contributed by atoms with E-state index in [-0.39, 0.29) is 17.6 Å². The highest BCUT2D eigenvalue weighted by Gasteiger charge is 2.10. The SMILES string of the molecule is Cn1c(=O)c(CN=C(N)NC(C)(C)C)cc2ccccc21. The predicted molar refractivity (Wildman–Crippen MR) is 87.4 cm³/mol. The Morgan fingerprint density at radius 3 is 2.67 bits per heavy atom. The number of para-hydroxylation sites is 1. The molecule has 0 unspecified atom stereocenters. The largest absolute Gasteiger partial charge is 0.370 e. The number of nitrogens with one attached hydrogen (secondary N) is 1. The van der Waals surface area contributed by atoms with Crippen LogP contribution in [0, 0.1) is 0 Å². The molecule has 0 radical (unpaired) electrons. The molecule has 0 amide bonds. The second kappa shape index (κ2) is 5.60. The fourth-order valence-electron chi connectivity index (χ4n) is 2.20. The minimum atomic E-state index is -0.151. The number of aryl methyl sites for hydroxylation is 1. The number of guanidine groups is 1. The summed E-state index contributed by atoms with van der Waals surface area (Å²) in [5.41, 5.74) is 7.19. The zero-order valence-corrected chi connectivity index (χ0v) is 13.0. The van der Waals surface area contributed by atoms with Gasteiger partial charge in [0.05, 0.1) is 12.1 Å². The van der Waals surface area contributed by atoms with Gasteiger partial charge in [-0.05, 0) is 38.3 Å². The van der Waals surface area contributed by atoms with E-state index >= 15 is 0 Å². The van der Waals surface area contributed by atoms with Gasteiger partial charge in [0.1, 0.15) is 0 Å². The lowest BCUT2D eigenvalue weighted by atomic mass is 10.1. The maximum Gasteiger partial charge on any atom is 0.255 e. The summed E-state index contributed by atoms with van der Waals surface area (Å²) in [5.74, 6) is 0.345. The first-order chi connectivity index (χ1) is 9.78. The minimum absolute atomic E-state index is 0.0407. The van der Waals surface area contributed by atoms with Gasteiger partial charge in [0, 0.05) is 18.2 Å². The fraction of sp³-hybridized carbons (Fsp3) is 0.375. The maximum atomic E-state index is 12.3. The molecular weight excluding hydrogens is 264 g/mol. The van der Waals surface area contributed by atoms with Gasteiger partial charge in [-0.25, -0.2) is 4.99 Å². The molecule has 0 atom stereocenters. The third kappa shape index (κ3) is 3.62. The normalized spacial score (nSPS) is 12.7. The van der Waals surface area contributed by atoms with Crippen molar-refractivity contribution in [3.63, 3.8) is 0 Å². The summed E-state index contributed by atoms with van der Waals surface area (Å²) in [6.07, 6.45) is 0. The minimum Gasteiger partial charge on any atom is -0.370 e. The van der Waals surface area contributed by atoms with Gasteiger partial charge < -0.3 is 15.6 Å². The highest BCUT2D eigenvalue weighted by Crippen LogP contribution is 2.12. The van der Waals surface area contributed by atoms with Crippen LogP contribution in [0.1, 0.15) is 26.3 Å². The van der Waals surface area contributed by atoms with E-state index < -0.39 is 0 Å². The quantitative estimate of drug-likeness (QED) is 0.652. The summed E-state index contributed by atoms with van der Waals surface area (Å²) in [7, 11) is 1.77. The van der Waals surface area contributed by atoms with E-state index in [0.29, 0.717) is 11.5 Å². The summed E-state index contributed by atoms with van der Waals surface area (Å²) in [4.78, 5) is 16.6. The first-order valence-corrected chi connectivity index (χ1v) is 6.94. The third-order valence-corrected chi connectivity index (χ3v) is 3.13. The molecule has 0 aliphatic heterocycles. The van der Waals surface area contributed by atoms with Crippen LogP contribution >= 0.6 is 0 Å². The monoisotopic (exact) mass is 286 g/mol. The molecule has 3 N–H and O–H groups in total. The van der Waals surface area contributed by atoms with Crippen LogP contribution in [0.2, 0.25) is 0 Å². The molecule has 0 saturated heterocycles. The molecule has 112 valence electrons. The number of benzene rings is 1. The fourth-order valence-corrected chi connectivity index (χ4v) is 2.20. The molecule has 0 spiro atoms. The van der Waals surface area contributed by atoms with Gasteiger partial charge in [-0.15, -0.1) is 0 Å². The zero-order valence-electron chi connectivity index (χ0n) is 13.0. The van der Waals surface area contributed by atoms with E-state index in [1.165, 1.54) is 0 Å². The van der Waals surface area contributed by atoms with Crippen LogP contribution in [0.5, 0.6) is 0 Å². The molecule has 5 nitrogen and oxygen atoms in total. The topological polar surface area (TPSA) is 72.4 Å². The van der Waals surface area contributed by atoms with E-state index in [1.54, 1.807) is 11.6 Å². The van der Waals surface area contributed by atoms with Crippen molar-refractivity contribution in [2.24, 2.45) is 17.8 Å². The first kappa shape index (κ1) is 15.1. The molecule has 0 fully saturated rings. The number of fused-ring (bicyclic) bond motifs is 1. The standard InChI is InChI=1S/C16H22N4O/c1-16(2,3)19-15(17)18-10-12-9-11-7-5-6-8-13(11)20(4)14(12)21/h5-9H,10H2,1-4H3,(H3,17,18,19).